The molecular weight excluding hydrogens is 278 g/mol. The zero-order valence-corrected chi connectivity index (χ0v) is 9.43. The lowest BCUT2D eigenvalue weighted by molar-refractivity contribution is 0.0652. The lowest BCUT2D eigenvalue weighted by Gasteiger charge is -1.99. The molecule has 1 heterocycles. The number of nitrogens with zero attached hydrogens (tertiary/aromatic N) is 1. The molecule has 0 amide bonds. The molecule has 5 nitrogen and oxygen atoms in total. The van der Waals surface area contributed by atoms with Gasteiger partial charge in [0.05, 0.1) is 0 Å². The largest absolute Gasteiger partial charge is 0.508 e. The van der Waals surface area contributed by atoms with E-state index in [0.29, 0.717) is 15.7 Å². The second-order valence-electron chi connectivity index (χ2n) is 3.05. The molecule has 16 heavy (non-hydrogen) atoms. The van der Waals surface area contributed by atoms with Crippen LogP contribution in [0.2, 0.25) is 0 Å². The van der Waals surface area contributed by atoms with Crippen LogP contribution in [0, 0.1) is 0 Å². The van der Waals surface area contributed by atoms with Crippen LogP contribution in [0.5, 0.6) is 5.75 Å². The van der Waals surface area contributed by atoms with E-state index in [0.717, 1.165) is 0 Å². The topological polar surface area (TPSA) is 83.6 Å². The summed E-state index contributed by atoms with van der Waals surface area (Å²) in [5.41, 5.74) is 1.04. The Morgan fingerprint density at radius 1 is 1.38 bits per heavy atom. The van der Waals surface area contributed by atoms with Crippen molar-refractivity contribution in [3.63, 3.8) is 0 Å². The number of benzene rings is 1. The van der Waals surface area contributed by atoms with Crippen LogP contribution in [0.3, 0.4) is 0 Å². The van der Waals surface area contributed by atoms with Crippen LogP contribution in [0.15, 0.2) is 33.3 Å². The standard InChI is InChI=1S/C10H6BrNO4/c11-7-3-5(13)1-2-6(7)8-4-9(10(14)15)16-12-8/h1-4,13H,(H,14,15). The molecule has 0 saturated carbocycles. The Balaban J connectivity index is 2.46. The summed E-state index contributed by atoms with van der Waals surface area (Å²) in [5, 5.41) is 21.5. The SMILES string of the molecule is O=C(O)c1cc(-c2ccc(O)cc2Br)no1. The minimum absolute atomic E-state index is 0.109. The van der Waals surface area contributed by atoms with Crippen molar-refractivity contribution in [1.82, 2.24) is 5.16 Å². The third kappa shape index (κ3) is 1.92. The van der Waals surface area contributed by atoms with Crippen molar-refractivity contribution in [2.24, 2.45) is 0 Å². The van der Waals surface area contributed by atoms with E-state index in [1.54, 1.807) is 6.07 Å². The van der Waals surface area contributed by atoms with Gasteiger partial charge in [-0.25, -0.2) is 4.79 Å². The number of carboxylic acid groups (broad SMARTS) is 1. The molecule has 6 heteroatoms. The number of hydrogen-bond acceptors (Lipinski definition) is 4. The molecule has 0 saturated heterocycles. The van der Waals surface area contributed by atoms with Gasteiger partial charge in [0.1, 0.15) is 11.4 Å². The van der Waals surface area contributed by atoms with Gasteiger partial charge in [0.2, 0.25) is 5.76 Å². The lowest BCUT2D eigenvalue weighted by Crippen LogP contribution is -1.91. The highest BCUT2D eigenvalue weighted by atomic mass is 79.9. The number of phenols is 1. The summed E-state index contributed by atoms with van der Waals surface area (Å²) in [6, 6.07) is 5.90. The van der Waals surface area contributed by atoms with Gasteiger partial charge >= 0.3 is 5.97 Å². The molecule has 0 radical (unpaired) electrons. The predicted octanol–water partition coefficient (Wildman–Crippen LogP) is 2.51. The van der Waals surface area contributed by atoms with Crippen LogP contribution >= 0.6 is 15.9 Å². The zero-order chi connectivity index (χ0) is 11.7. The first kappa shape index (κ1) is 10.7. The van der Waals surface area contributed by atoms with Gasteiger partial charge in [-0.3, -0.25) is 0 Å². The number of hydrogen-bond donors (Lipinski definition) is 2. The fourth-order valence-electron chi connectivity index (χ4n) is 1.21. The van der Waals surface area contributed by atoms with Crippen molar-refractivity contribution in [2.45, 2.75) is 0 Å². The summed E-state index contributed by atoms with van der Waals surface area (Å²) in [6.45, 7) is 0. The Bertz CT molecular complexity index is 550. The summed E-state index contributed by atoms with van der Waals surface area (Å²) in [7, 11) is 0. The minimum atomic E-state index is -1.17. The van der Waals surface area contributed by atoms with Crippen molar-refractivity contribution >= 4 is 21.9 Å². The highest BCUT2D eigenvalue weighted by molar-refractivity contribution is 9.10. The van der Waals surface area contributed by atoms with Crippen LogP contribution in [0.25, 0.3) is 11.3 Å². The van der Waals surface area contributed by atoms with Crippen molar-refractivity contribution in [3.05, 3.63) is 34.5 Å². The number of carboxylic acids is 1. The van der Waals surface area contributed by atoms with Crippen LogP contribution < -0.4 is 0 Å². The molecule has 0 aliphatic heterocycles. The Morgan fingerprint density at radius 2 is 2.12 bits per heavy atom. The maximum absolute atomic E-state index is 10.6. The molecule has 0 atom stereocenters. The molecule has 1 aromatic heterocycles. The van der Waals surface area contributed by atoms with E-state index in [4.69, 9.17) is 5.11 Å². The van der Waals surface area contributed by atoms with Gasteiger partial charge in [0.15, 0.2) is 0 Å². The fourth-order valence-corrected chi connectivity index (χ4v) is 1.78. The average Bonchev–Trinajstić information content (AvgIpc) is 2.66. The van der Waals surface area contributed by atoms with Crippen LogP contribution in [0.4, 0.5) is 0 Å². The quantitative estimate of drug-likeness (QED) is 0.885. The maximum Gasteiger partial charge on any atom is 0.374 e. The van der Waals surface area contributed by atoms with E-state index in [2.05, 4.69) is 25.6 Å². The molecule has 2 aromatic rings. The molecule has 2 N–H and O–H groups in total. The third-order valence-corrected chi connectivity index (χ3v) is 2.61. The molecule has 2 rings (SSSR count). The molecule has 82 valence electrons. The van der Waals surface area contributed by atoms with Gasteiger partial charge in [0.25, 0.3) is 0 Å². The van der Waals surface area contributed by atoms with Gasteiger partial charge in [-0.05, 0) is 34.1 Å². The van der Waals surface area contributed by atoms with Crippen molar-refractivity contribution in [2.75, 3.05) is 0 Å². The monoisotopic (exact) mass is 283 g/mol. The number of carbonyl (C=O) groups is 1. The van der Waals surface area contributed by atoms with E-state index in [-0.39, 0.29) is 11.5 Å². The van der Waals surface area contributed by atoms with E-state index in [1.165, 1.54) is 18.2 Å². The van der Waals surface area contributed by atoms with E-state index in [1.807, 2.05) is 0 Å². The zero-order valence-electron chi connectivity index (χ0n) is 7.85. The number of phenolic OH excluding ortho intramolecular Hbond substituents is 1. The predicted molar refractivity (Wildman–Crippen MR) is 58.3 cm³/mol. The number of rotatable bonds is 2. The Hall–Kier alpha value is -1.82. The number of aromatic nitrogens is 1. The number of halogens is 1. The van der Waals surface area contributed by atoms with Gasteiger partial charge < -0.3 is 14.7 Å². The smallest absolute Gasteiger partial charge is 0.374 e. The molecule has 0 aliphatic carbocycles. The molecule has 0 aliphatic rings. The number of aromatic hydroxyl groups is 1. The molecular formula is C10H6BrNO4. The van der Waals surface area contributed by atoms with Crippen LogP contribution in [-0.4, -0.2) is 21.3 Å². The summed E-state index contributed by atoms with van der Waals surface area (Å²) in [4.78, 5) is 10.6. The van der Waals surface area contributed by atoms with Crippen molar-refractivity contribution in [3.8, 4) is 17.0 Å². The minimum Gasteiger partial charge on any atom is -0.508 e. The summed E-state index contributed by atoms with van der Waals surface area (Å²) < 4.78 is 5.24. The first-order valence-corrected chi connectivity index (χ1v) is 5.06. The van der Waals surface area contributed by atoms with E-state index in [9.17, 15) is 9.90 Å². The summed E-state index contributed by atoms with van der Waals surface area (Å²) >= 11 is 3.24. The van der Waals surface area contributed by atoms with Gasteiger partial charge in [-0.2, -0.15) is 0 Å². The Kier molecular flexibility index (Phi) is 2.66. The second kappa shape index (κ2) is 3.97. The van der Waals surface area contributed by atoms with Crippen molar-refractivity contribution < 1.29 is 19.5 Å². The fraction of sp³-hybridized carbons (Fsp3) is 0. The molecule has 0 spiro atoms. The van der Waals surface area contributed by atoms with Crippen LogP contribution in [-0.2, 0) is 0 Å². The Morgan fingerprint density at radius 3 is 2.69 bits per heavy atom. The summed E-state index contributed by atoms with van der Waals surface area (Å²) in [6.07, 6.45) is 0. The molecule has 0 unspecified atom stereocenters. The Labute approximate surface area is 98.4 Å². The van der Waals surface area contributed by atoms with Crippen LogP contribution in [0.1, 0.15) is 10.6 Å². The molecule has 0 bridgehead atoms. The maximum atomic E-state index is 10.6. The third-order valence-electron chi connectivity index (χ3n) is 1.95. The highest BCUT2D eigenvalue weighted by Crippen LogP contribution is 2.30. The first-order chi connectivity index (χ1) is 7.58. The van der Waals surface area contributed by atoms with E-state index >= 15 is 0 Å². The highest BCUT2D eigenvalue weighted by Gasteiger charge is 2.14. The molecule has 0 fully saturated rings. The molecule has 1 aromatic carbocycles. The number of aromatic carboxylic acids is 1. The van der Waals surface area contributed by atoms with Crippen molar-refractivity contribution in [1.29, 1.82) is 0 Å². The lowest BCUT2D eigenvalue weighted by atomic mass is 10.1. The van der Waals surface area contributed by atoms with E-state index < -0.39 is 5.97 Å². The van der Waals surface area contributed by atoms with Gasteiger partial charge in [-0.1, -0.05) is 5.16 Å². The van der Waals surface area contributed by atoms with Gasteiger partial charge in [0, 0.05) is 16.1 Å². The normalized spacial score (nSPS) is 10.3. The average molecular weight is 284 g/mol. The first-order valence-electron chi connectivity index (χ1n) is 4.27. The second-order valence-corrected chi connectivity index (χ2v) is 3.90. The summed E-state index contributed by atoms with van der Waals surface area (Å²) in [5.74, 6) is -1.29. The van der Waals surface area contributed by atoms with Gasteiger partial charge in [-0.15, -0.1) is 0 Å².